The maximum Gasteiger partial charge on any atom is 0.0113 e. The number of unbranched alkanes of at least 4 members (excludes halogenated alkanes) is 46. The standard InChI is InChI=1S/C49H104N4/c1-2-3-4-5-6-7-8-9-10-11-12-13-14-15-16-17-18-19-20-21-22-23-24-25-26-27-28-29-30-31-32-33-34-35-36-37-38-39-40-41-42-43-44-45-46-47-48-49-51-53-52-50/h51-53H,2-50H2,1H3. The smallest absolute Gasteiger partial charge is 0.0113 e. The van der Waals surface area contributed by atoms with Gasteiger partial charge in [0.05, 0.1) is 0 Å². The summed E-state index contributed by atoms with van der Waals surface area (Å²) in [6, 6.07) is 0. The molecule has 0 saturated heterocycles. The Balaban J connectivity index is 3.05. The van der Waals surface area contributed by atoms with E-state index in [-0.39, 0.29) is 0 Å². The number of hydrogen-bond donors (Lipinski definition) is 4. The van der Waals surface area contributed by atoms with Crippen LogP contribution in [0.15, 0.2) is 0 Å². The van der Waals surface area contributed by atoms with Crippen LogP contribution < -0.4 is 22.3 Å². The highest BCUT2D eigenvalue weighted by atomic mass is 15.7. The summed E-state index contributed by atoms with van der Waals surface area (Å²) in [6.45, 7) is 3.29. The summed E-state index contributed by atoms with van der Waals surface area (Å²) in [7, 11) is 0. The van der Waals surface area contributed by atoms with Gasteiger partial charge in [-0.1, -0.05) is 302 Å². The van der Waals surface area contributed by atoms with Gasteiger partial charge in [-0.25, -0.2) is 5.43 Å². The van der Waals surface area contributed by atoms with E-state index >= 15 is 0 Å². The topological polar surface area (TPSA) is 62.1 Å². The molecule has 53 heavy (non-hydrogen) atoms. The van der Waals surface area contributed by atoms with E-state index in [1.165, 1.54) is 302 Å². The summed E-state index contributed by atoms with van der Waals surface area (Å²) in [4.78, 5) is 0. The third kappa shape index (κ3) is 51.8. The third-order valence-corrected chi connectivity index (χ3v) is 12.1. The molecule has 320 valence electrons. The summed E-state index contributed by atoms with van der Waals surface area (Å²) in [5.74, 6) is 5.14. The van der Waals surface area contributed by atoms with Gasteiger partial charge in [0, 0.05) is 6.54 Å². The molecule has 0 aliphatic heterocycles. The molecule has 0 fully saturated rings. The monoisotopic (exact) mass is 749 g/mol. The fraction of sp³-hybridized carbons (Fsp3) is 1.00. The average molecular weight is 749 g/mol. The van der Waals surface area contributed by atoms with Gasteiger partial charge in [-0.3, -0.25) is 5.84 Å². The predicted molar refractivity (Wildman–Crippen MR) is 241 cm³/mol. The van der Waals surface area contributed by atoms with E-state index in [1.807, 2.05) is 0 Å². The van der Waals surface area contributed by atoms with Crippen LogP contribution in [-0.4, -0.2) is 6.54 Å². The van der Waals surface area contributed by atoms with Gasteiger partial charge in [-0.2, -0.15) is 11.1 Å². The van der Waals surface area contributed by atoms with Crippen molar-refractivity contribution in [3.8, 4) is 0 Å². The minimum absolute atomic E-state index is 0.976. The Hall–Kier alpha value is -0.160. The maximum atomic E-state index is 5.14. The maximum absolute atomic E-state index is 5.14. The van der Waals surface area contributed by atoms with Crippen LogP contribution in [0, 0.1) is 0 Å². The Morgan fingerprint density at radius 3 is 0.528 bits per heavy atom. The molecule has 0 aliphatic rings. The first-order chi connectivity index (χ1) is 26.4. The van der Waals surface area contributed by atoms with Crippen molar-refractivity contribution in [3.63, 3.8) is 0 Å². The molecule has 0 aromatic rings. The largest absolute Gasteiger partial charge is 0.257 e. The number of nitrogens with two attached hydrogens (primary N) is 1. The van der Waals surface area contributed by atoms with Crippen molar-refractivity contribution in [2.45, 2.75) is 309 Å². The van der Waals surface area contributed by atoms with Crippen LogP contribution in [0.2, 0.25) is 0 Å². The van der Waals surface area contributed by atoms with Crippen LogP contribution >= 0.6 is 0 Å². The fourth-order valence-corrected chi connectivity index (χ4v) is 8.36. The second kappa shape index (κ2) is 51.8. The van der Waals surface area contributed by atoms with Crippen molar-refractivity contribution >= 4 is 0 Å². The van der Waals surface area contributed by atoms with Gasteiger partial charge in [0.2, 0.25) is 0 Å². The van der Waals surface area contributed by atoms with E-state index in [0.717, 1.165) is 6.54 Å². The Labute approximate surface area is 336 Å². The van der Waals surface area contributed by atoms with Crippen molar-refractivity contribution in [3.05, 3.63) is 0 Å². The summed E-state index contributed by atoms with van der Waals surface area (Å²) < 4.78 is 0. The van der Waals surface area contributed by atoms with Crippen molar-refractivity contribution in [2.75, 3.05) is 6.54 Å². The van der Waals surface area contributed by atoms with E-state index < -0.39 is 0 Å². The molecule has 0 aromatic heterocycles. The van der Waals surface area contributed by atoms with Crippen LogP contribution in [0.1, 0.15) is 309 Å². The minimum Gasteiger partial charge on any atom is -0.257 e. The zero-order valence-corrected chi connectivity index (χ0v) is 37.0. The SMILES string of the molecule is CCCCCCCCCCCCCCCCCCCCCCCCCCCCCCCCCCCCCCCCCCCCCCCCCNNNN. The van der Waals surface area contributed by atoms with E-state index in [9.17, 15) is 0 Å². The molecule has 0 atom stereocenters. The van der Waals surface area contributed by atoms with Crippen molar-refractivity contribution < 1.29 is 0 Å². The Kier molecular flexibility index (Phi) is 51.7. The molecule has 0 rings (SSSR count). The normalized spacial score (nSPS) is 11.7. The van der Waals surface area contributed by atoms with Crippen LogP contribution in [0.4, 0.5) is 0 Å². The molecule has 0 amide bonds. The Morgan fingerprint density at radius 1 is 0.226 bits per heavy atom. The average Bonchev–Trinajstić information content (AvgIpc) is 3.17. The molecule has 4 nitrogen and oxygen atoms in total. The molecule has 0 bridgehead atoms. The number of nitrogens with one attached hydrogen (secondary N) is 3. The van der Waals surface area contributed by atoms with Gasteiger partial charge in [0.25, 0.3) is 0 Å². The highest BCUT2D eigenvalue weighted by Gasteiger charge is 1.99. The zero-order chi connectivity index (χ0) is 38.1. The number of hydrazine groups is 3. The van der Waals surface area contributed by atoms with E-state index in [4.69, 9.17) is 5.84 Å². The fourth-order valence-electron chi connectivity index (χ4n) is 8.36. The van der Waals surface area contributed by atoms with E-state index in [0.29, 0.717) is 0 Å². The lowest BCUT2D eigenvalue weighted by Gasteiger charge is -2.05. The molecular formula is C49H104N4. The van der Waals surface area contributed by atoms with Crippen LogP contribution in [0.5, 0.6) is 0 Å². The van der Waals surface area contributed by atoms with Crippen molar-refractivity contribution in [2.24, 2.45) is 5.84 Å². The lowest BCUT2D eigenvalue weighted by molar-refractivity contribution is 0.431. The van der Waals surface area contributed by atoms with Crippen LogP contribution in [-0.2, 0) is 0 Å². The van der Waals surface area contributed by atoms with E-state index in [2.05, 4.69) is 23.4 Å². The lowest BCUT2D eigenvalue weighted by atomic mass is 10.0. The first-order valence-electron chi connectivity index (χ1n) is 25.3. The molecular weight excluding hydrogens is 645 g/mol. The second-order valence-corrected chi connectivity index (χ2v) is 17.5. The highest BCUT2D eigenvalue weighted by molar-refractivity contribution is 4.54. The number of hydrogen-bond acceptors (Lipinski definition) is 4. The zero-order valence-electron chi connectivity index (χ0n) is 37.0. The van der Waals surface area contributed by atoms with E-state index in [1.54, 1.807) is 0 Å². The number of rotatable bonds is 50. The van der Waals surface area contributed by atoms with Gasteiger partial charge in [0.15, 0.2) is 0 Å². The predicted octanol–water partition coefficient (Wildman–Crippen LogP) is 16.8. The van der Waals surface area contributed by atoms with Gasteiger partial charge in [-0.05, 0) is 6.42 Å². The molecule has 0 aliphatic carbocycles. The molecule has 0 saturated carbocycles. The quantitative estimate of drug-likeness (QED) is 0.0284. The lowest BCUT2D eigenvalue weighted by Crippen LogP contribution is -2.47. The molecule has 5 N–H and O–H groups in total. The van der Waals surface area contributed by atoms with Gasteiger partial charge >= 0.3 is 0 Å². The summed E-state index contributed by atoms with van der Waals surface area (Å²) in [6.07, 6.45) is 68.9. The second-order valence-electron chi connectivity index (χ2n) is 17.5. The molecule has 0 radical (unpaired) electrons. The highest BCUT2D eigenvalue weighted by Crippen LogP contribution is 2.18. The first-order valence-corrected chi connectivity index (χ1v) is 25.3. The van der Waals surface area contributed by atoms with Gasteiger partial charge in [0.1, 0.15) is 0 Å². The molecule has 0 heterocycles. The van der Waals surface area contributed by atoms with Gasteiger partial charge < -0.3 is 0 Å². The molecule has 0 unspecified atom stereocenters. The van der Waals surface area contributed by atoms with Crippen LogP contribution in [0.3, 0.4) is 0 Å². The summed E-state index contributed by atoms with van der Waals surface area (Å²) in [5, 5.41) is 0. The Morgan fingerprint density at radius 2 is 0.377 bits per heavy atom. The molecule has 4 heteroatoms. The minimum atomic E-state index is 0.976. The van der Waals surface area contributed by atoms with Crippen molar-refractivity contribution in [1.29, 1.82) is 0 Å². The Bertz CT molecular complexity index is 549. The summed E-state index contributed by atoms with van der Waals surface area (Å²) >= 11 is 0. The first kappa shape index (κ1) is 52.8. The molecule has 0 aromatic carbocycles. The third-order valence-electron chi connectivity index (χ3n) is 12.1. The summed E-state index contributed by atoms with van der Waals surface area (Å²) in [5.41, 5.74) is 8.13. The van der Waals surface area contributed by atoms with Gasteiger partial charge in [-0.15, -0.1) is 0 Å². The molecule has 0 spiro atoms. The van der Waals surface area contributed by atoms with Crippen LogP contribution in [0.25, 0.3) is 0 Å². The van der Waals surface area contributed by atoms with Crippen molar-refractivity contribution in [1.82, 2.24) is 16.5 Å².